The highest BCUT2D eigenvalue weighted by molar-refractivity contribution is 6.32. The molecule has 0 amide bonds. The molecule has 3 aromatic carbocycles. The van der Waals surface area contributed by atoms with Crippen LogP contribution in [-0.4, -0.2) is 16.2 Å². The highest BCUT2D eigenvalue weighted by Gasteiger charge is 2.15. The summed E-state index contributed by atoms with van der Waals surface area (Å²) >= 11 is 6.22. The van der Waals surface area contributed by atoms with Crippen molar-refractivity contribution in [2.75, 3.05) is 6.61 Å². The number of hydrogen-bond acceptors (Lipinski definition) is 2. The number of nitrogens with zero attached hydrogens (tertiary/aromatic N) is 2. The third-order valence-electron chi connectivity index (χ3n) is 5.22. The minimum Gasteiger partial charge on any atom is -0.494 e. The standard InChI is InChI=1S/C25H24ClFN2O/c1-17-15-19(16-18(2)24(17)26)30-14-8-7-13-29-23-12-6-5-11-22(23)28-25(29)20-9-3-4-10-21(20)27/h3-6,9-12,15-16H,7-8,13-14H2,1-2H3. The van der Waals surface area contributed by atoms with E-state index < -0.39 is 0 Å². The lowest BCUT2D eigenvalue weighted by atomic mass is 10.1. The molecule has 1 heterocycles. The van der Waals surface area contributed by atoms with E-state index in [1.807, 2.05) is 56.3 Å². The largest absolute Gasteiger partial charge is 0.494 e. The van der Waals surface area contributed by atoms with E-state index in [2.05, 4.69) is 4.57 Å². The Labute approximate surface area is 181 Å². The molecule has 3 nitrogen and oxygen atoms in total. The number of aromatic nitrogens is 2. The average Bonchev–Trinajstić information content (AvgIpc) is 3.10. The molecule has 4 rings (SSSR count). The number of aryl methyl sites for hydroxylation is 3. The Morgan fingerprint density at radius 2 is 1.67 bits per heavy atom. The summed E-state index contributed by atoms with van der Waals surface area (Å²) in [5.41, 5.74) is 4.45. The van der Waals surface area contributed by atoms with Gasteiger partial charge in [0.1, 0.15) is 17.4 Å². The molecule has 0 aliphatic rings. The smallest absolute Gasteiger partial charge is 0.144 e. The maximum Gasteiger partial charge on any atom is 0.144 e. The molecule has 5 heteroatoms. The first-order valence-corrected chi connectivity index (χ1v) is 10.5. The Kier molecular flexibility index (Phi) is 6.05. The van der Waals surface area contributed by atoms with Gasteiger partial charge in [-0.2, -0.15) is 0 Å². The normalized spacial score (nSPS) is 11.2. The summed E-state index contributed by atoms with van der Waals surface area (Å²) in [6.45, 7) is 5.32. The van der Waals surface area contributed by atoms with Gasteiger partial charge in [-0.1, -0.05) is 35.9 Å². The lowest BCUT2D eigenvalue weighted by molar-refractivity contribution is 0.303. The molecule has 0 fully saturated rings. The number of unbranched alkanes of at least 4 members (excludes halogenated alkanes) is 1. The third-order valence-corrected chi connectivity index (χ3v) is 5.82. The molecular formula is C25H24ClFN2O. The van der Waals surface area contributed by atoms with Crippen LogP contribution in [0.25, 0.3) is 22.4 Å². The Balaban J connectivity index is 1.46. The van der Waals surface area contributed by atoms with Crippen LogP contribution in [-0.2, 0) is 6.54 Å². The molecule has 30 heavy (non-hydrogen) atoms. The Bertz CT molecular complexity index is 1160. The second-order valence-corrected chi connectivity index (χ2v) is 7.86. The number of rotatable bonds is 7. The van der Waals surface area contributed by atoms with Gasteiger partial charge < -0.3 is 9.30 Å². The summed E-state index contributed by atoms with van der Waals surface area (Å²) in [5.74, 6) is 1.25. The molecule has 0 unspecified atom stereocenters. The maximum absolute atomic E-state index is 14.4. The lowest BCUT2D eigenvalue weighted by Gasteiger charge is -2.12. The summed E-state index contributed by atoms with van der Waals surface area (Å²) in [7, 11) is 0. The zero-order valence-corrected chi connectivity index (χ0v) is 17.9. The van der Waals surface area contributed by atoms with E-state index in [1.54, 1.807) is 12.1 Å². The van der Waals surface area contributed by atoms with Crippen LogP contribution in [0.3, 0.4) is 0 Å². The summed E-state index contributed by atoms with van der Waals surface area (Å²) in [4.78, 5) is 4.70. The van der Waals surface area contributed by atoms with Gasteiger partial charge in [0, 0.05) is 11.6 Å². The summed E-state index contributed by atoms with van der Waals surface area (Å²) < 4.78 is 22.4. The highest BCUT2D eigenvalue weighted by Crippen LogP contribution is 2.28. The molecule has 0 saturated carbocycles. The average molecular weight is 423 g/mol. The Hall–Kier alpha value is -2.85. The number of ether oxygens (including phenoxy) is 1. The van der Waals surface area contributed by atoms with Crippen molar-refractivity contribution < 1.29 is 9.13 Å². The minimum atomic E-state index is -0.258. The fourth-order valence-corrected chi connectivity index (χ4v) is 3.81. The van der Waals surface area contributed by atoms with Crippen LogP contribution in [0, 0.1) is 19.7 Å². The monoisotopic (exact) mass is 422 g/mol. The first kappa shape index (κ1) is 20.4. The molecule has 4 aromatic rings. The molecule has 1 aromatic heterocycles. The van der Waals surface area contributed by atoms with E-state index in [1.165, 1.54) is 6.07 Å². The van der Waals surface area contributed by atoms with Crippen molar-refractivity contribution in [2.45, 2.75) is 33.2 Å². The Morgan fingerprint density at radius 3 is 2.43 bits per heavy atom. The summed E-state index contributed by atoms with van der Waals surface area (Å²) in [6.07, 6.45) is 1.78. The Morgan fingerprint density at radius 1 is 0.967 bits per heavy atom. The molecule has 0 spiro atoms. The zero-order chi connectivity index (χ0) is 21.1. The van der Waals surface area contributed by atoms with Gasteiger partial charge in [-0.3, -0.25) is 0 Å². The van der Waals surface area contributed by atoms with E-state index >= 15 is 0 Å². The second-order valence-electron chi connectivity index (χ2n) is 7.48. The molecule has 0 radical (unpaired) electrons. The van der Waals surface area contributed by atoms with Gasteiger partial charge in [-0.25, -0.2) is 9.37 Å². The summed E-state index contributed by atoms with van der Waals surface area (Å²) in [6, 6.07) is 18.7. The van der Waals surface area contributed by atoms with Crippen molar-refractivity contribution in [3.8, 4) is 17.1 Å². The predicted octanol–water partition coefficient (Wildman–Crippen LogP) is 6.97. The number of imidazole rings is 1. The van der Waals surface area contributed by atoms with Crippen LogP contribution in [0.2, 0.25) is 5.02 Å². The van der Waals surface area contributed by atoms with Crippen LogP contribution in [0.15, 0.2) is 60.7 Å². The number of para-hydroxylation sites is 2. The quantitative estimate of drug-likeness (QED) is 0.300. The predicted molar refractivity (Wildman–Crippen MR) is 121 cm³/mol. The molecule has 0 saturated heterocycles. The van der Waals surface area contributed by atoms with Crippen LogP contribution >= 0.6 is 11.6 Å². The number of benzene rings is 3. The van der Waals surface area contributed by atoms with Gasteiger partial charge in [0.15, 0.2) is 0 Å². The zero-order valence-electron chi connectivity index (χ0n) is 17.2. The molecule has 0 atom stereocenters. The van der Waals surface area contributed by atoms with Gasteiger partial charge in [0.05, 0.1) is 23.2 Å². The second kappa shape index (κ2) is 8.88. The van der Waals surface area contributed by atoms with Crippen molar-refractivity contribution in [2.24, 2.45) is 0 Å². The SMILES string of the molecule is Cc1cc(OCCCCn2c(-c3ccccc3F)nc3ccccc32)cc(C)c1Cl. The van der Waals surface area contributed by atoms with Crippen LogP contribution in [0.4, 0.5) is 4.39 Å². The fourth-order valence-electron chi connectivity index (χ4n) is 3.70. The first-order valence-electron chi connectivity index (χ1n) is 10.1. The number of fused-ring (bicyclic) bond motifs is 1. The topological polar surface area (TPSA) is 27.1 Å². The maximum atomic E-state index is 14.4. The fraction of sp³-hybridized carbons (Fsp3) is 0.240. The van der Waals surface area contributed by atoms with Gasteiger partial charge in [0.25, 0.3) is 0 Å². The van der Waals surface area contributed by atoms with Gasteiger partial charge >= 0.3 is 0 Å². The van der Waals surface area contributed by atoms with E-state index in [0.29, 0.717) is 18.0 Å². The third kappa shape index (κ3) is 4.19. The van der Waals surface area contributed by atoms with Crippen molar-refractivity contribution in [1.82, 2.24) is 9.55 Å². The lowest BCUT2D eigenvalue weighted by Crippen LogP contribution is -2.05. The van der Waals surface area contributed by atoms with Crippen molar-refractivity contribution in [3.05, 3.63) is 82.6 Å². The molecular weight excluding hydrogens is 399 g/mol. The molecule has 0 N–H and O–H groups in total. The number of halogens is 2. The van der Waals surface area contributed by atoms with Crippen molar-refractivity contribution >= 4 is 22.6 Å². The van der Waals surface area contributed by atoms with Crippen molar-refractivity contribution in [3.63, 3.8) is 0 Å². The van der Waals surface area contributed by atoms with Gasteiger partial charge in [0.2, 0.25) is 0 Å². The molecule has 0 bridgehead atoms. The summed E-state index contributed by atoms with van der Waals surface area (Å²) in [5, 5.41) is 0.787. The first-order chi connectivity index (χ1) is 14.5. The van der Waals surface area contributed by atoms with Crippen molar-refractivity contribution in [1.29, 1.82) is 0 Å². The van der Waals surface area contributed by atoms with Gasteiger partial charge in [-0.15, -0.1) is 0 Å². The minimum absolute atomic E-state index is 0.258. The molecule has 0 aliphatic carbocycles. The highest BCUT2D eigenvalue weighted by atomic mass is 35.5. The van der Waals surface area contributed by atoms with E-state index in [9.17, 15) is 4.39 Å². The van der Waals surface area contributed by atoms with E-state index in [-0.39, 0.29) is 5.82 Å². The van der Waals surface area contributed by atoms with Crippen LogP contribution in [0.1, 0.15) is 24.0 Å². The van der Waals surface area contributed by atoms with Crippen LogP contribution in [0.5, 0.6) is 5.75 Å². The number of hydrogen-bond donors (Lipinski definition) is 0. The molecule has 154 valence electrons. The molecule has 0 aliphatic heterocycles. The van der Waals surface area contributed by atoms with E-state index in [4.69, 9.17) is 21.3 Å². The van der Waals surface area contributed by atoms with Crippen LogP contribution < -0.4 is 4.74 Å². The van der Waals surface area contributed by atoms with Gasteiger partial charge in [-0.05, 0) is 74.2 Å². The van der Waals surface area contributed by atoms with E-state index in [0.717, 1.165) is 52.3 Å².